The Morgan fingerprint density at radius 3 is 1.50 bits per heavy atom. The van der Waals surface area contributed by atoms with Crippen molar-refractivity contribution in [1.29, 1.82) is 0 Å². The highest BCUT2D eigenvalue weighted by molar-refractivity contribution is 5.90. The molecule has 0 radical (unpaired) electrons. The number of nitrogens with zero attached hydrogens (tertiary/aromatic N) is 2. The molecule has 0 fully saturated rings. The maximum Gasteiger partial charge on any atom is 0.175 e. The van der Waals surface area contributed by atoms with Gasteiger partial charge in [0.15, 0.2) is 5.78 Å². The topological polar surface area (TPSA) is 94.9 Å². The molecule has 2 unspecified atom stereocenters. The van der Waals surface area contributed by atoms with E-state index in [1.165, 1.54) is 0 Å². The van der Waals surface area contributed by atoms with Gasteiger partial charge in [-0.05, 0) is 35.4 Å². The van der Waals surface area contributed by atoms with Crippen molar-refractivity contribution in [2.45, 2.75) is 12.1 Å². The molecule has 0 spiro atoms. The van der Waals surface area contributed by atoms with Crippen molar-refractivity contribution in [3.05, 3.63) is 60.2 Å². The molecule has 5 heteroatoms. The SMILES string of the molecule is NC(C(=O)C(N)c1ccncc1)c1ccncc1. The highest BCUT2D eigenvalue weighted by atomic mass is 16.1. The van der Waals surface area contributed by atoms with E-state index < -0.39 is 12.1 Å². The van der Waals surface area contributed by atoms with Crippen molar-refractivity contribution in [2.24, 2.45) is 11.5 Å². The van der Waals surface area contributed by atoms with Crippen LogP contribution in [-0.2, 0) is 4.79 Å². The van der Waals surface area contributed by atoms with Crippen LogP contribution < -0.4 is 11.5 Å². The molecular formula is C13H14N4O. The first-order valence-electron chi connectivity index (χ1n) is 5.55. The van der Waals surface area contributed by atoms with Crippen LogP contribution >= 0.6 is 0 Å². The van der Waals surface area contributed by atoms with Gasteiger partial charge in [-0.2, -0.15) is 0 Å². The van der Waals surface area contributed by atoms with Crippen molar-refractivity contribution in [3.63, 3.8) is 0 Å². The molecule has 5 nitrogen and oxygen atoms in total. The first-order valence-corrected chi connectivity index (χ1v) is 5.55. The van der Waals surface area contributed by atoms with E-state index >= 15 is 0 Å². The number of rotatable bonds is 4. The van der Waals surface area contributed by atoms with Crippen LogP contribution in [0.4, 0.5) is 0 Å². The number of hydrogen-bond acceptors (Lipinski definition) is 5. The summed E-state index contributed by atoms with van der Waals surface area (Å²) in [5, 5.41) is 0. The van der Waals surface area contributed by atoms with Crippen LogP contribution in [0.3, 0.4) is 0 Å². The third kappa shape index (κ3) is 2.58. The Labute approximate surface area is 105 Å². The van der Waals surface area contributed by atoms with Crippen molar-refractivity contribution in [2.75, 3.05) is 0 Å². The molecule has 18 heavy (non-hydrogen) atoms. The molecule has 0 amide bonds. The highest BCUT2D eigenvalue weighted by Crippen LogP contribution is 2.18. The minimum atomic E-state index is -0.740. The van der Waals surface area contributed by atoms with E-state index in [9.17, 15) is 4.79 Å². The van der Waals surface area contributed by atoms with Crippen LogP contribution in [0.5, 0.6) is 0 Å². The number of hydrogen-bond donors (Lipinski definition) is 2. The zero-order chi connectivity index (χ0) is 13.0. The fourth-order valence-corrected chi connectivity index (χ4v) is 1.66. The highest BCUT2D eigenvalue weighted by Gasteiger charge is 2.23. The van der Waals surface area contributed by atoms with E-state index in [4.69, 9.17) is 11.5 Å². The van der Waals surface area contributed by atoms with Gasteiger partial charge in [0.05, 0.1) is 12.1 Å². The maximum atomic E-state index is 12.2. The molecule has 0 aliphatic heterocycles. The van der Waals surface area contributed by atoms with Gasteiger partial charge in [0.1, 0.15) is 0 Å². The van der Waals surface area contributed by atoms with Gasteiger partial charge in [0.2, 0.25) is 0 Å². The molecule has 2 aromatic rings. The smallest absolute Gasteiger partial charge is 0.175 e. The second-order valence-electron chi connectivity index (χ2n) is 3.92. The Kier molecular flexibility index (Phi) is 3.76. The van der Waals surface area contributed by atoms with E-state index in [2.05, 4.69) is 9.97 Å². The average Bonchev–Trinajstić information content (AvgIpc) is 2.47. The summed E-state index contributed by atoms with van der Waals surface area (Å²) in [5.74, 6) is -0.229. The summed E-state index contributed by atoms with van der Waals surface area (Å²) >= 11 is 0. The van der Waals surface area contributed by atoms with Crippen molar-refractivity contribution < 1.29 is 4.79 Å². The third-order valence-electron chi connectivity index (χ3n) is 2.74. The summed E-state index contributed by atoms with van der Waals surface area (Å²) in [4.78, 5) is 19.9. The van der Waals surface area contributed by atoms with Gasteiger partial charge in [-0.25, -0.2) is 0 Å². The Hall–Kier alpha value is -2.11. The Balaban J connectivity index is 2.17. The van der Waals surface area contributed by atoms with Gasteiger partial charge in [-0.3, -0.25) is 14.8 Å². The predicted molar refractivity (Wildman–Crippen MR) is 67.3 cm³/mol. The lowest BCUT2D eigenvalue weighted by molar-refractivity contribution is -0.121. The Bertz CT molecular complexity index is 468. The molecule has 2 heterocycles. The first kappa shape index (κ1) is 12.3. The normalized spacial score (nSPS) is 13.9. The number of aromatic nitrogens is 2. The molecule has 0 saturated heterocycles. The van der Waals surface area contributed by atoms with E-state index in [0.717, 1.165) is 0 Å². The number of Topliss-reactive ketones (excluding diaryl/α,β-unsaturated/α-hetero) is 1. The second-order valence-corrected chi connectivity index (χ2v) is 3.92. The predicted octanol–water partition coefficient (Wildman–Crippen LogP) is 0.745. The van der Waals surface area contributed by atoms with E-state index in [0.29, 0.717) is 11.1 Å². The summed E-state index contributed by atoms with van der Waals surface area (Å²) in [7, 11) is 0. The number of carbonyl (C=O) groups excluding carboxylic acids is 1. The van der Waals surface area contributed by atoms with Gasteiger partial charge in [-0.15, -0.1) is 0 Å². The van der Waals surface area contributed by atoms with Gasteiger partial charge in [0.25, 0.3) is 0 Å². The van der Waals surface area contributed by atoms with Crippen LogP contribution in [0.25, 0.3) is 0 Å². The van der Waals surface area contributed by atoms with E-state index in [1.54, 1.807) is 49.1 Å². The van der Waals surface area contributed by atoms with Crippen LogP contribution in [0, 0.1) is 0 Å². The Morgan fingerprint density at radius 1 is 0.833 bits per heavy atom. The van der Waals surface area contributed by atoms with Crippen LogP contribution in [-0.4, -0.2) is 15.8 Å². The van der Waals surface area contributed by atoms with E-state index in [1.807, 2.05) is 0 Å². The van der Waals surface area contributed by atoms with Crippen LogP contribution in [0.2, 0.25) is 0 Å². The summed E-state index contributed by atoms with van der Waals surface area (Å²) in [5.41, 5.74) is 13.2. The standard InChI is InChI=1S/C13H14N4O/c14-11(9-1-5-16-6-2-9)13(18)12(15)10-3-7-17-8-4-10/h1-8,11-12H,14-15H2. The molecular weight excluding hydrogens is 228 g/mol. The molecule has 0 bridgehead atoms. The van der Waals surface area contributed by atoms with Gasteiger partial charge >= 0.3 is 0 Å². The molecule has 0 saturated carbocycles. The van der Waals surface area contributed by atoms with Gasteiger partial charge in [0, 0.05) is 24.8 Å². The number of carbonyl (C=O) groups is 1. The number of pyridine rings is 2. The molecule has 2 rings (SSSR count). The minimum Gasteiger partial charge on any atom is -0.318 e. The van der Waals surface area contributed by atoms with Crippen molar-refractivity contribution >= 4 is 5.78 Å². The van der Waals surface area contributed by atoms with Gasteiger partial charge < -0.3 is 11.5 Å². The summed E-state index contributed by atoms with van der Waals surface area (Å²) < 4.78 is 0. The maximum absolute atomic E-state index is 12.2. The molecule has 4 N–H and O–H groups in total. The molecule has 0 aliphatic carbocycles. The lowest BCUT2D eigenvalue weighted by Gasteiger charge is -2.16. The fourth-order valence-electron chi connectivity index (χ4n) is 1.66. The lowest BCUT2D eigenvalue weighted by Crippen LogP contribution is -2.31. The van der Waals surface area contributed by atoms with Crippen molar-refractivity contribution in [3.8, 4) is 0 Å². The second kappa shape index (κ2) is 5.48. The molecule has 2 atom stereocenters. The van der Waals surface area contributed by atoms with Crippen LogP contribution in [0.15, 0.2) is 49.1 Å². The fraction of sp³-hybridized carbons (Fsp3) is 0.154. The molecule has 92 valence electrons. The lowest BCUT2D eigenvalue weighted by atomic mass is 9.96. The van der Waals surface area contributed by atoms with E-state index in [-0.39, 0.29) is 5.78 Å². The molecule has 2 aromatic heterocycles. The molecule has 0 aliphatic rings. The summed E-state index contributed by atoms with van der Waals surface area (Å²) in [6.07, 6.45) is 6.39. The van der Waals surface area contributed by atoms with Crippen LogP contribution in [0.1, 0.15) is 23.2 Å². The van der Waals surface area contributed by atoms with Gasteiger partial charge in [-0.1, -0.05) is 0 Å². The summed E-state index contributed by atoms with van der Waals surface area (Å²) in [6.45, 7) is 0. The minimum absolute atomic E-state index is 0.229. The van der Waals surface area contributed by atoms with Crippen molar-refractivity contribution in [1.82, 2.24) is 9.97 Å². The largest absolute Gasteiger partial charge is 0.318 e. The summed E-state index contributed by atoms with van der Waals surface area (Å²) in [6, 6.07) is 5.36. The quantitative estimate of drug-likeness (QED) is 0.824. The average molecular weight is 242 g/mol. The number of nitrogens with two attached hydrogens (primary N) is 2. The third-order valence-corrected chi connectivity index (χ3v) is 2.74. The molecule has 0 aromatic carbocycles. The first-order chi connectivity index (χ1) is 8.70. The number of ketones is 1. The zero-order valence-electron chi connectivity index (χ0n) is 9.73. The Morgan fingerprint density at radius 2 is 1.17 bits per heavy atom. The zero-order valence-corrected chi connectivity index (χ0v) is 9.73. The monoisotopic (exact) mass is 242 g/mol.